The van der Waals surface area contributed by atoms with Crippen LogP contribution in [0.4, 0.5) is 4.39 Å². The molecule has 0 radical (unpaired) electrons. The van der Waals surface area contributed by atoms with E-state index in [4.69, 9.17) is 9.47 Å². The topological polar surface area (TPSA) is 67.9 Å². The summed E-state index contributed by atoms with van der Waals surface area (Å²) in [6, 6.07) is 21.5. The molecule has 0 bridgehead atoms. The number of ether oxygens (including phenoxy) is 2. The number of methoxy groups -OCH3 is 1. The Morgan fingerprint density at radius 1 is 0.886 bits per heavy atom. The number of nitrogens with zero attached hydrogens (tertiary/aromatic N) is 1. The van der Waals surface area contributed by atoms with Crippen molar-refractivity contribution < 1.29 is 23.5 Å². The zero-order chi connectivity index (χ0) is 25.2. The van der Waals surface area contributed by atoms with Gasteiger partial charge in [0, 0.05) is 19.0 Å². The average Bonchev–Trinajstić information content (AvgIpc) is 2.86. The Hall–Kier alpha value is -3.87. The third-order valence-electron chi connectivity index (χ3n) is 5.39. The molecule has 184 valence electrons. The minimum absolute atomic E-state index is 0.0981. The highest BCUT2D eigenvalue weighted by molar-refractivity contribution is 5.88. The Labute approximate surface area is 205 Å². The first-order chi connectivity index (χ1) is 16.9. The van der Waals surface area contributed by atoms with Crippen molar-refractivity contribution in [1.82, 2.24) is 10.2 Å². The van der Waals surface area contributed by atoms with Crippen LogP contribution in [0.15, 0.2) is 78.9 Å². The van der Waals surface area contributed by atoms with E-state index in [0.717, 1.165) is 5.56 Å². The molecule has 6 nitrogen and oxygen atoms in total. The third-order valence-corrected chi connectivity index (χ3v) is 5.39. The highest BCUT2D eigenvalue weighted by Crippen LogP contribution is 2.19. The second-order valence-corrected chi connectivity index (χ2v) is 8.48. The van der Waals surface area contributed by atoms with Gasteiger partial charge in [-0.1, -0.05) is 42.5 Å². The van der Waals surface area contributed by atoms with Crippen molar-refractivity contribution in [3.8, 4) is 11.5 Å². The highest BCUT2D eigenvalue weighted by Gasteiger charge is 2.31. The first-order valence-electron chi connectivity index (χ1n) is 11.5. The molecule has 1 atom stereocenters. The van der Waals surface area contributed by atoms with Crippen LogP contribution in [0.3, 0.4) is 0 Å². The van der Waals surface area contributed by atoms with Crippen molar-refractivity contribution in [2.24, 2.45) is 0 Å². The van der Waals surface area contributed by atoms with Crippen molar-refractivity contribution in [1.29, 1.82) is 0 Å². The molecule has 3 rings (SSSR count). The third kappa shape index (κ3) is 7.84. The van der Waals surface area contributed by atoms with Crippen LogP contribution >= 0.6 is 0 Å². The molecule has 35 heavy (non-hydrogen) atoms. The fraction of sp³-hybridized carbons (Fsp3) is 0.286. The fourth-order valence-electron chi connectivity index (χ4n) is 3.62. The van der Waals surface area contributed by atoms with E-state index in [2.05, 4.69) is 5.32 Å². The van der Waals surface area contributed by atoms with Gasteiger partial charge >= 0.3 is 0 Å². The average molecular weight is 479 g/mol. The van der Waals surface area contributed by atoms with Gasteiger partial charge in [-0.2, -0.15) is 0 Å². The van der Waals surface area contributed by atoms with Crippen molar-refractivity contribution in [2.75, 3.05) is 13.7 Å². The summed E-state index contributed by atoms with van der Waals surface area (Å²) in [4.78, 5) is 28.2. The monoisotopic (exact) mass is 478 g/mol. The van der Waals surface area contributed by atoms with Gasteiger partial charge in [-0.15, -0.1) is 0 Å². The van der Waals surface area contributed by atoms with Gasteiger partial charge < -0.3 is 19.7 Å². The molecule has 0 spiro atoms. The number of hydrogen-bond donors (Lipinski definition) is 1. The molecule has 2 amide bonds. The Balaban J connectivity index is 1.87. The molecule has 0 saturated heterocycles. The van der Waals surface area contributed by atoms with E-state index in [1.54, 1.807) is 43.5 Å². The Morgan fingerprint density at radius 2 is 1.51 bits per heavy atom. The summed E-state index contributed by atoms with van der Waals surface area (Å²) in [6.45, 7) is 3.62. The lowest BCUT2D eigenvalue weighted by molar-refractivity contribution is -0.143. The number of rotatable bonds is 11. The minimum Gasteiger partial charge on any atom is -0.497 e. The van der Waals surface area contributed by atoms with E-state index in [9.17, 15) is 14.0 Å². The van der Waals surface area contributed by atoms with Crippen LogP contribution in [-0.2, 0) is 22.6 Å². The maximum Gasteiger partial charge on any atom is 0.261 e. The largest absolute Gasteiger partial charge is 0.497 e. The van der Waals surface area contributed by atoms with Crippen molar-refractivity contribution >= 4 is 11.8 Å². The summed E-state index contributed by atoms with van der Waals surface area (Å²) in [5.41, 5.74) is 1.63. The predicted molar refractivity (Wildman–Crippen MR) is 133 cm³/mol. The molecule has 0 saturated carbocycles. The molecule has 0 aliphatic heterocycles. The van der Waals surface area contributed by atoms with Crippen LogP contribution in [0, 0.1) is 5.82 Å². The Bertz CT molecular complexity index is 1090. The van der Waals surface area contributed by atoms with E-state index in [-0.39, 0.29) is 36.8 Å². The molecule has 0 fully saturated rings. The molecule has 0 heterocycles. The second kappa shape index (κ2) is 12.6. The standard InChI is InChI=1S/C28H31FN2O4/c1-20(2)30-28(33)26(17-21-7-5-4-6-8-21)31(18-22-9-11-23(29)12-10-22)27(32)19-35-25-15-13-24(34-3)14-16-25/h4-16,20,26H,17-19H2,1-3H3,(H,30,33). The summed E-state index contributed by atoms with van der Waals surface area (Å²) in [6.07, 6.45) is 0.328. The molecule has 1 unspecified atom stereocenters. The molecule has 0 aromatic heterocycles. The van der Waals surface area contributed by atoms with E-state index in [1.807, 2.05) is 44.2 Å². The predicted octanol–water partition coefficient (Wildman–Crippen LogP) is 4.38. The number of nitrogens with one attached hydrogen (secondary N) is 1. The van der Waals surface area contributed by atoms with Gasteiger partial charge in [0.2, 0.25) is 5.91 Å². The number of carbonyl (C=O) groups excluding carboxylic acids is 2. The summed E-state index contributed by atoms with van der Waals surface area (Å²) in [7, 11) is 1.57. The van der Waals surface area contributed by atoms with Gasteiger partial charge in [0.25, 0.3) is 5.91 Å². The van der Waals surface area contributed by atoms with Crippen LogP contribution in [0.5, 0.6) is 11.5 Å². The molecule has 7 heteroatoms. The van der Waals surface area contributed by atoms with Crippen LogP contribution in [0.25, 0.3) is 0 Å². The highest BCUT2D eigenvalue weighted by atomic mass is 19.1. The van der Waals surface area contributed by atoms with Gasteiger partial charge in [-0.25, -0.2) is 4.39 Å². The zero-order valence-corrected chi connectivity index (χ0v) is 20.2. The summed E-state index contributed by atoms with van der Waals surface area (Å²) in [5.74, 6) is 0.198. The molecule has 3 aromatic carbocycles. The van der Waals surface area contributed by atoms with Crippen molar-refractivity contribution in [2.45, 2.75) is 38.9 Å². The lowest BCUT2D eigenvalue weighted by atomic mass is 10.0. The van der Waals surface area contributed by atoms with Crippen LogP contribution in [0.1, 0.15) is 25.0 Å². The Morgan fingerprint density at radius 3 is 2.11 bits per heavy atom. The summed E-state index contributed by atoms with van der Waals surface area (Å²) in [5, 5.41) is 2.93. The second-order valence-electron chi connectivity index (χ2n) is 8.48. The Kier molecular flexibility index (Phi) is 9.23. The first kappa shape index (κ1) is 25.7. The van der Waals surface area contributed by atoms with E-state index in [0.29, 0.717) is 23.5 Å². The first-order valence-corrected chi connectivity index (χ1v) is 11.5. The number of halogens is 1. The minimum atomic E-state index is -0.781. The van der Waals surface area contributed by atoms with Crippen LogP contribution in [0.2, 0.25) is 0 Å². The lowest BCUT2D eigenvalue weighted by Crippen LogP contribution is -2.52. The zero-order valence-electron chi connectivity index (χ0n) is 20.2. The van der Waals surface area contributed by atoms with Gasteiger partial charge in [-0.3, -0.25) is 9.59 Å². The van der Waals surface area contributed by atoms with Crippen molar-refractivity contribution in [3.05, 3.63) is 95.8 Å². The maximum absolute atomic E-state index is 13.5. The maximum atomic E-state index is 13.5. The molecular formula is C28H31FN2O4. The molecular weight excluding hydrogens is 447 g/mol. The van der Waals surface area contributed by atoms with Gasteiger partial charge in [0.05, 0.1) is 7.11 Å². The molecule has 0 aliphatic carbocycles. The van der Waals surface area contributed by atoms with E-state index in [1.165, 1.54) is 17.0 Å². The van der Waals surface area contributed by atoms with Gasteiger partial charge in [0.1, 0.15) is 23.4 Å². The van der Waals surface area contributed by atoms with E-state index >= 15 is 0 Å². The van der Waals surface area contributed by atoms with Gasteiger partial charge in [-0.05, 0) is 61.4 Å². The molecule has 0 aliphatic rings. The molecule has 1 N–H and O–H groups in total. The van der Waals surface area contributed by atoms with E-state index < -0.39 is 6.04 Å². The summed E-state index contributed by atoms with van der Waals surface area (Å²) >= 11 is 0. The number of amides is 2. The van der Waals surface area contributed by atoms with Crippen LogP contribution in [-0.4, -0.2) is 42.5 Å². The molecule has 3 aromatic rings. The lowest BCUT2D eigenvalue weighted by Gasteiger charge is -2.32. The quantitative estimate of drug-likeness (QED) is 0.444. The number of hydrogen-bond acceptors (Lipinski definition) is 4. The smallest absolute Gasteiger partial charge is 0.261 e. The SMILES string of the molecule is COc1ccc(OCC(=O)N(Cc2ccc(F)cc2)C(Cc2ccccc2)C(=O)NC(C)C)cc1. The number of carbonyl (C=O) groups is 2. The fourth-order valence-corrected chi connectivity index (χ4v) is 3.62. The number of benzene rings is 3. The summed E-state index contributed by atoms with van der Waals surface area (Å²) < 4.78 is 24.4. The van der Waals surface area contributed by atoms with Gasteiger partial charge in [0.15, 0.2) is 6.61 Å². The van der Waals surface area contributed by atoms with Crippen LogP contribution < -0.4 is 14.8 Å². The normalized spacial score (nSPS) is 11.6. The van der Waals surface area contributed by atoms with Crippen molar-refractivity contribution in [3.63, 3.8) is 0 Å².